The Kier molecular flexibility index (Phi) is 2.07. The third-order valence-electron chi connectivity index (χ3n) is 2.24. The fraction of sp³-hybridized carbons (Fsp3) is 0.300. The number of ketones is 1. The largest absolute Gasteiger partial charge is 0.294 e. The second-order valence-electron chi connectivity index (χ2n) is 3.25. The van der Waals surface area contributed by atoms with Crippen LogP contribution in [0.1, 0.15) is 27.9 Å². The molecular weight excluding hydrogens is 196 g/mol. The highest BCUT2D eigenvalue weighted by Crippen LogP contribution is 2.30. The van der Waals surface area contributed by atoms with Crippen LogP contribution >= 0.6 is 11.3 Å². The number of aryl methyl sites for hydroxylation is 2. The van der Waals surface area contributed by atoms with Gasteiger partial charge in [0.25, 0.3) is 0 Å². The molecule has 2 rings (SSSR count). The zero-order valence-corrected chi connectivity index (χ0v) is 9.10. The minimum absolute atomic E-state index is 0.102. The van der Waals surface area contributed by atoms with E-state index in [9.17, 15) is 4.79 Å². The predicted octanol–water partition coefficient (Wildman–Crippen LogP) is 2.51. The molecule has 0 amide bonds. The molecule has 0 aromatic carbocycles. The minimum atomic E-state index is 0.102. The highest BCUT2D eigenvalue weighted by Gasteiger charge is 2.14. The summed E-state index contributed by atoms with van der Waals surface area (Å²) in [5.74, 6) is 0.102. The molecule has 0 bridgehead atoms. The molecule has 0 N–H and O–H groups in total. The first-order valence-electron chi connectivity index (χ1n) is 4.33. The van der Waals surface area contributed by atoms with Gasteiger partial charge in [-0.3, -0.25) is 4.79 Å². The lowest BCUT2D eigenvalue weighted by molar-refractivity contribution is 0.102. The first-order valence-corrected chi connectivity index (χ1v) is 5.14. The van der Waals surface area contributed by atoms with Crippen LogP contribution in [-0.4, -0.2) is 15.8 Å². The normalized spacial score (nSPS) is 10.8. The van der Waals surface area contributed by atoms with Crippen molar-refractivity contribution in [1.29, 1.82) is 0 Å². The second kappa shape index (κ2) is 3.13. The van der Waals surface area contributed by atoms with Gasteiger partial charge in [-0.2, -0.15) is 0 Å². The zero-order valence-electron chi connectivity index (χ0n) is 8.29. The molecule has 4 heteroatoms. The van der Waals surface area contributed by atoms with Crippen molar-refractivity contribution in [3.63, 3.8) is 0 Å². The van der Waals surface area contributed by atoms with Gasteiger partial charge in [-0.25, -0.2) is 9.97 Å². The average molecular weight is 206 g/mol. The van der Waals surface area contributed by atoms with Crippen LogP contribution in [0.25, 0.3) is 10.2 Å². The van der Waals surface area contributed by atoms with E-state index in [1.54, 1.807) is 6.92 Å². The molecule has 0 atom stereocenters. The molecule has 0 unspecified atom stereocenters. The summed E-state index contributed by atoms with van der Waals surface area (Å²) in [6.45, 7) is 5.47. The van der Waals surface area contributed by atoms with Gasteiger partial charge in [-0.15, -0.1) is 11.3 Å². The molecule has 0 fully saturated rings. The number of thiophene rings is 1. The lowest BCUT2D eigenvalue weighted by Gasteiger charge is -1.95. The van der Waals surface area contributed by atoms with Gasteiger partial charge in [-0.05, 0) is 26.3 Å². The van der Waals surface area contributed by atoms with Crippen LogP contribution in [0.15, 0.2) is 6.33 Å². The highest BCUT2D eigenvalue weighted by molar-refractivity contribution is 7.20. The zero-order chi connectivity index (χ0) is 10.3. The summed E-state index contributed by atoms with van der Waals surface area (Å²) < 4.78 is 0. The van der Waals surface area contributed by atoms with Gasteiger partial charge in [0.05, 0.1) is 4.88 Å². The van der Waals surface area contributed by atoms with Gasteiger partial charge >= 0.3 is 0 Å². The maximum absolute atomic E-state index is 11.3. The van der Waals surface area contributed by atoms with Crippen molar-refractivity contribution >= 4 is 27.3 Å². The van der Waals surface area contributed by atoms with Crippen molar-refractivity contribution in [1.82, 2.24) is 9.97 Å². The van der Waals surface area contributed by atoms with E-state index < -0.39 is 0 Å². The maximum atomic E-state index is 11.3. The Morgan fingerprint density at radius 1 is 1.36 bits per heavy atom. The van der Waals surface area contributed by atoms with Gasteiger partial charge in [0, 0.05) is 11.1 Å². The SMILES string of the molecule is CC(=O)c1sc2ncnc(C)c2c1C. The number of hydrogen-bond acceptors (Lipinski definition) is 4. The average Bonchev–Trinajstić information content (AvgIpc) is 2.45. The maximum Gasteiger partial charge on any atom is 0.170 e. The first-order chi connectivity index (χ1) is 6.61. The lowest BCUT2D eigenvalue weighted by Crippen LogP contribution is -1.90. The molecule has 14 heavy (non-hydrogen) atoms. The number of rotatable bonds is 1. The molecule has 3 nitrogen and oxygen atoms in total. The van der Waals surface area contributed by atoms with E-state index in [0.717, 1.165) is 26.4 Å². The molecule has 0 aliphatic heterocycles. The van der Waals surface area contributed by atoms with E-state index in [1.165, 1.54) is 17.7 Å². The van der Waals surface area contributed by atoms with Crippen LogP contribution in [0.3, 0.4) is 0 Å². The van der Waals surface area contributed by atoms with Crippen molar-refractivity contribution in [3.8, 4) is 0 Å². The molecule has 72 valence electrons. The molecule has 0 aliphatic carbocycles. The fourth-order valence-corrected chi connectivity index (χ4v) is 2.68. The van der Waals surface area contributed by atoms with E-state index in [4.69, 9.17) is 0 Å². The molecule has 0 saturated heterocycles. The first kappa shape index (κ1) is 9.27. The predicted molar refractivity (Wildman–Crippen MR) is 56.9 cm³/mol. The molecule has 2 aromatic rings. The third-order valence-corrected chi connectivity index (χ3v) is 3.54. The molecule has 2 heterocycles. The molecule has 0 radical (unpaired) electrons. The van der Waals surface area contributed by atoms with Crippen LogP contribution < -0.4 is 0 Å². The molecule has 0 spiro atoms. The summed E-state index contributed by atoms with van der Waals surface area (Å²) in [7, 11) is 0. The van der Waals surface area contributed by atoms with Gasteiger partial charge < -0.3 is 0 Å². The number of hydrogen-bond donors (Lipinski definition) is 0. The number of Topliss-reactive ketones (excluding diaryl/α,β-unsaturated/α-hetero) is 1. The Morgan fingerprint density at radius 3 is 2.64 bits per heavy atom. The van der Waals surface area contributed by atoms with Gasteiger partial charge in [0.15, 0.2) is 5.78 Å². The van der Waals surface area contributed by atoms with Crippen molar-refractivity contribution in [2.45, 2.75) is 20.8 Å². The summed E-state index contributed by atoms with van der Waals surface area (Å²) in [5, 5.41) is 1.03. The van der Waals surface area contributed by atoms with Crippen LogP contribution in [0.4, 0.5) is 0 Å². The second-order valence-corrected chi connectivity index (χ2v) is 4.25. The molecular formula is C10H10N2OS. The molecule has 0 aliphatic rings. The lowest BCUT2D eigenvalue weighted by atomic mass is 10.1. The Morgan fingerprint density at radius 2 is 2.07 bits per heavy atom. The van der Waals surface area contributed by atoms with E-state index in [-0.39, 0.29) is 5.78 Å². The van der Waals surface area contributed by atoms with E-state index >= 15 is 0 Å². The number of aromatic nitrogens is 2. The highest BCUT2D eigenvalue weighted by atomic mass is 32.1. The third kappa shape index (κ3) is 1.23. The smallest absolute Gasteiger partial charge is 0.170 e. The summed E-state index contributed by atoms with van der Waals surface area (Å²) in [4.78, 5) is 21.3. The van der Waals surface area contributed by atoms with Crippen LogP contribution in [0.5, 0.6) is 0 Å². The summed E-state index contributed by atoms with van der Waals surface area (Å²) >= 11 is 1.45. The van der Waals surface area contributed by atoms with Crippen molar-refractivity contribution in [2.24, 2.45) is 0 Å². The van der Waals surface area contributed by atoms with Crippen LogP contribution in [-0.2, 0) is 0 Å². The summed E-state index contributed by atoms with van der Waals surface area (Å²) in [5.41, 5.74) is 1.95. The standard InChI is InChI=1S/C10H10N2OS/c1-5-8-6(2)11-4-12-10(8)14-9(5)7(3)13/h4H,1-3H3. The van der Waals surface area contributed by atoms with Crippen molar-refractivity contribution in [3.05, 3.63) is 22.5 Å². The van der Waals surface area contributed by atoms with Crippen LogP contribution in [0, 0.1) is 13.8 Å². The van der Waals surface area contributed by atoms with Gasteiger partial charge in [0.2, 0.25) is 0 Å². The quantitative estimate of drug-likeness (QED) is 0.673. The Labute approximate surface area is 85.8 Å². The number of fused-ring (bicyclic) bond motifs is 1. The summed E-state index contributed by atoms with van der Waals surface area (Å²) in [6, 6.07) is 0. The Hall–Kier alpha value is -1.29. The van der Waals surface area contributed by atoms with Crippen LogP contribution in [0.2, 0.25) is 0 Å². The number of nitrogens with zero attached hydrogens (tertiary/aromatic N) is 2. The Balaban J connectivity index is 2.87. The molecule has 0 saturated carbocycles. The number of carbonyl (C=O) groups is 1. The van der Waals surface area contributed by atoms with E-state index in [0.29, 0.717) is 0 Å². The fourth-order valence-electron chi connectivity index (χ4n) is 1.58. The number of carbonyl (C=O) groups excluding carboxylic acids is 1. The Bertz CT molecular complexity index is 516. The van der Waals surface area contributed by atoms with E-state index in [2.05, 4.69) is 9.97 Å². The minimum Gasteiger partial charge on any atom is -0.294 e. The monoisotopic (exact) mass is 206 g/mol. The van der Waals surface area contributed by atoms with Crippen molar-refractivity contribution in [2.75, 3.05) is 0 Å². The van der Waals surface area contributed by atoms with Crippen molar-refractivity contribution < 1.29 is 4.79 Å². The topological polar surface area (TPSA) is 42.9 Å². The molecule has 2 aromatic heterocycles. The van der Waals surface area contributed by atoms with Gasteiger partial charge in [0.1, 0.15) is 11.2 Å². The summed E-state index contributed by atoms with van der Waals surface area (Å²) in [6.07, 6.45) is 1.54. The van der Waals surface area contributed by atoms with Gasteiger partial charge in [-0.1, -0.05) is 0 Å². The van der Waals surface area contributed by atoms with E-state index in [1.807, 2.05) is 13.8 Å².